The first kappa shape index (κ1) is 21.7. The highest BCUT2D eigenvalue weighted by Crippen LogP contribution is 2.24. The molecule has 33 heavy (non-hydrogen) atoms. The van der Waals surface area contributed by atoms with Gasteiger partial charge >= 0.3 is 0 Å². The molecule has 0 aliphatic rings. The highest BCUT2D eigenvalue weighted by molar-refractivity contribution is 5.92. The van der Waals surface area contributed by atoms with Crippen molar-refractivity contribution in [3.05, 3.63) is 86.0 Å². The molecule has 0 aliphatic carbocycles. The number of nitrogens with zero attached hydrogens (tertiary/aromatic N) is 4. The van der Waals surface area contributed by atoms with E-state index in [1.807, 2.05) is 6.92 Å². The van der Waals surface area contributed by atoms with Gasteiger partial charge in [-0.15, -0.1) is 0 Å². The molecule has 0 fully saturated rings. The van der Waals surface area contributed by atoms with Crippen molar-refractivity contribution in [3.63, 3.8) is 0 Å². The molecule has 0 saturated heterocycles. The number of furan rings is 1. The number of hydrogen-bond donors (Lipinski definition) is 2. The number of carbonyl (C=O) groups is 1. The van der Waals surface area contributed by atoms with Gasteiger partial charge in [-0.05, 0) is 31.0 Å². The fraction of sp³-hybridized carbons (Fsp3) is 0.182. The smallest absolute Gasteiger partial charge is 0.269 e. The molecule has 0 aliphatic heterocycles. The number of aryl methyl sites for hydroxylation is 1. The monoisotopic (exact) mass is 448 g/mol. The molecular formula is C22H20N6O5. The average Bonchev–Trinajstić information content (AvgIpc) is 3.44. The van der Waals surface area contributed by atoms with Crippen LogP contribution in [0, 0.1) is 17.0 Å². The van der Waals surface area contributed by atoms with Gasteiger partial charge in [0.2, 0.25) is 11.9 Å². The third kappa shape index (κ3) is 4.56. The number of nitrogens with one attached hydrogen (secondary N) is 2. The highest BCUT2D eigenvalue weighted by atomic mass is 16.6. The van der Waals surface area contributed by atoms with Crippen molar-refractivity contribution in [1.29, 1.82) is 0 Å². The summed E-state index contributed by atoms with van der Waals surface area (Å²) in [5.74, 6) is 0.530. The van der Waals surface area contributed by atoms with Crippen molar-refractivity contribution < 1.29 is 14.1 Å². The zero-order valence-electron chi connectivity index (χ0n) is 17.9. The second-order valence-corrected chi connectivity index (χ2v) is 7.26. The molecule has 1 amide bonds. The Labute approximate surface area is 187 Å². The van der Waals surface area contributed by atoms with Crippen molar-refractivity contribution in [1.82, 2.24) is 19.7 Å². The number of carbonyl (C=O) groups excluding carboxylic acids is 1. The number of nitro groups is 1. The van der Waals surface area contributed by atoms with Crippen LogP contribution in [0.3, 0.4) is 0 Å². The Morgan fingerprint density at radius 2 is 2.03 bits per heavy atom. The van der Waals surface area contributed by atoms with E-state index >= 15 is 0 Å². The number of anilines is 1. The molecule has 4 rings (SSSR count). The topological polar surface area (TPSA) is 149 Å². The minimum absolute atomic E-state index is 0.0169. The lowest BCUT2D eigenvalue weighted by Gasteiger charge is -2.10. The predicted molar refractivity (Wildman–Crippen MR) is 119 cm³/mol. The van der Waals surface area contributed by atoms with Crippen LogP contribution in [0.2, 0.25) is 0 Å². The summed E-state index contributed by atoms with van der Waals surface area (Å²) in [6.45, 7) is 3.60. The van der Waals surface area contributed by atoms with Crippen molar-refractivity contribution in [3.8, 4) is 17.4 Å². The van der Waals surface area contributed by atoms with E-state index in [9.17, 15) is 19.7 Å². The lowest BCUT2D eigenvalue weighted by Crippen LogP contribution is -2.22. The number of non-ortho nitro benzene ring substituents is 1. The summed E-state index contributed by atoms with van der Waals surface area (Å²) in [6.07, 6.45) is 2.02. The summed E-state index contributed by atoms with van der Waals surface area (Å²) in [6, 6.07) is 10.8. The Balaban J connectivity index is 1.66. The molecule has 0 atom stereocenters. The van der Waals surface area contributed by atoms with E-state index in [4.69, 9.17) is 4.42 Å². The number of benzene rings is 1. The first-order valence-electron chi connectivity index (χ1n) is 10.1. The van der Waals surface area contributed by atoms with Gasteiger partial charge in [0.05, 0.1) is 17.6 Å². The van der Waals surface area contributed by atoms with Crippen molar-refractivity contribution in [2.75, 3.05) is 5.32 Å². The van der Waals surface area contributed by atoms with Gasteiger partial charge in [-0.25, -0.2) is 4.98 Å². The summed E-state index contributed by atoms with van der Waals surface area (Å²) >= 11 is 0. The normalized spacial score (nSPS) is 10.8. The zero-order valence-corrected chi connectivity index (χ0v) is 17.9. The molecule has 0 unspecified atom stereocenters. The molecule has 0 radical (unpaired) electrons. The van der Waals surface area contributed by atoms with Crippen LogP contribution in [0.5, 0.6) is 0 Å². The molecular weight excluding hydrogens is 428 g/mol. The number of hydrogen-bond acceptors (Lipinski definition) is 7. The highest BCUT2D eigenvalue weighted by Gasteiger charge is 2.18. The molecule has 4 aromatic rings. The van der Waals surface area contributed by atoms with Crippen molar-refractivity contribution in [2.24, 2.45) is 0 Å². The van der Waals surface area contributed by atoms with E-state index in [1.54, 1.807) is 25.1 Å². The SMILES string of the molecule is CCc1c(C)nc(-n2nc(-c3ccco3)cc2NC(=O)Cc2ccc([N+](=O)[O-])cc2)[nH]c1=O. The fourth-order valence-electron chi connectivity index (χ4n) is 3.40. The molecule has 3 aromatic heterocycles. The second-order valence-electron chi connectivity index (χ2n) is 7.26. The Hall–Kier alpha value is -4.54. The van der Waals surface area contributed by atoms with E-state index in [1.165, 1.54) is 35.2 Å². The number of nitro benzene ring substituents is 1. The largest absolute Gasteiger partial charge is 0.463 e. The van der Waals surface area contributed by atoms with Gasteiger partial charge in [0.1, 0.15) is 11.5 Å². The quantitative estimate of drug-likeness (QED) is 0.326. The van der Waals surface area contributed by atoms with E-state index < -0.39 is 4.92 Å². The van der Waals surface area contributed by atoms with Gasteiger partial charge in [-0.2, -0.15) is 9.78 Å². The maximum Gasteiger partial charge on any atom is 0.269 e. The summed E-state index contributed by atoms with van der Waals surface area (Å²) in [7, 11) is 0. The van der Waals surface area contributed by atoms with Gasteiger partial charge in [-0.3, -0.25) is 24.7 Å². The van der Waals surface area contributed by atoms with Gasteiger partial charge in [0.25, 0.3) is 11.2 Å². The van der Waals surface area contributed by atoms with Crippen LogP contribution in [0.25, 0.3) is 17.4 Å². The molecule has 11 heteroatoms. The standard InChI is InChI=1S/C22H20N6O5/c1-3-16-13(2)23-22(25-21(16)30)27-19(12-17(26-27)18-5-4-10-33-18)24-20(29)11-14-6-8-15(9-7-14)28(31)32/h4-10,12H,3,11H2,1-2H3,(H,24,29)(H,23,25,30). The second kappa shape index (κ2) is 8.91. The number of amides is 1. The number of aromatic amines is 1. The summed E-state index contributed by atoms with van der Waals surface area (Å²) in [4.78, 5) is 42.6. The molecule has 0 spiro atoms. The van der Waals surface area contributed by atoms with Crippen LogP contribution in [-0.4, -0.2) is 30.6 Å². The van der Waals surface area contributed by atoms with Gasteiger partial charge in [-0.1, -0.05) is 19.1 Å². The number of rotatable bonds is 7. The summed E-state index contributed by atoms with van der Waals surface area (Å²) in [5.41, 5.74) is 1.84. The van der Waals surface area contributed by atoms with Crippen LogP contribution in [0.4, 0.5) is 11.5 Å². The van der Waals surface area contributed by atoms with Gasteiger partial charge in [0, 0.05) is 29.5 Å². The molecule has 0 saturated carbocycles. The van der Waals surface area contributed by atoms with Crippen LogP contribution in [0.15, 0.2) is 57.9 Å². The molecule has 2 N–H and O–H groups in total. The Bertz CT molecular complexity index is 1370. The Morgan fingerprint density at radius 3 is 2.64 bits per heavy atom. The minimum atomic E-state index is -0.502. The van der Waals surface area contributed by atoms with Crippen LogP contribution >= 0.6 is 0 Å². The molecule has 168 valence electrons. The van der Waals surface area contributed by atoms with Crippen molar-refractivity contribution >= 4 is 17.4 Å². The zero-order chi connectivity index (χ0) is 23.5. The van der Waals surface area contributed by atoms with Gasteiger partial charge in [0.15, 0.2) is 5.76 Å². The summed E-state index contributed by atoms with van der Waals surface area (Å²) < 4.78 is 6.74. The lowest BCUT2D eigenvalue weighted by atomic mass is 10.1. The van der Waals surface area contributed by atoms with E-state index in [0.717, 1.165) is 0 Å². The Kier molecular flexibility index (Phi) is 5.85. The maximum absolute atomic E-state index is 12.7. The third-order valence-electron chi connectivity index (χ3n) is 5.03. The first-order chi connectivity index (χ1) is 15.9. The lowest BCUT2D eigenvalue weighted by molar-refractivity contribution is -0.384. The summed E-state index contributed by atoms with van der Waals surface area (Å²) in [5, 5.41) is 18.0. The van der Waals surface area contributed by atoms with E-state index in [2.05, 4.69) is 20.4 Å². The van der Waals surface area contributed by atoms with E-state index in [-0.39, 0.29) is 35.3 Å². The molecule has 3 heterocycles. The Morgan fingerprint density at radius 1 is 1.27 bits per heavy atom. The van der Waals surface area contributed by atoms with Crippen molar-refractivity contribution in [2.45, 2.75) is 26.7 Å². The number of aromatic nitrogens is 4. The van der Waals surface area contributed by atoms with E-state index in [0.29, 0.717) is 34.7 Å². The van der Waals surface area contributed by atoms with Crippen LogP contribution < -0.4 is 10.9 Å². The minimum Gasteiger partial charge on any atom is -0.463 e. The maximum atomic E-state index is 12.7. The fourth-order valence-corrected chi connectivity index (χ4v) is 3.40. The number of H-pyrrole nitrogens is 1. The van der Waals surface area contributed by atoms with Crippen LogP contribution in [-0.2, 0) is 17.6 Å². The average molecular weight is 448 g/mol. The third-order valence-corrected chi connectivity index (χ3v) is 5.03. The molecule has 0 bridgehead atoms. The van der Waals surface area contributed by atoms with Crippen LogP contribution in [0.1, 0.15) is 23.7 Å². The molecule has 1 aromatic carbocycles. The predicted octanol–water partition coefficient (Wildman–Crippen LogP) is 3.18. The molecule has 11 nitrogen and oxygen atoms in total. The van der Waals surface area contributed by atoms with Gasteiger partial charge < -0.3 is 9.73 Å². The first-order valence-corrected chi connectivity index (χ1v) is 10.1.